The molecule has 0 aromatic carbocycles. The number of likely N-dealkylation sites (tertiary alicyclic amines) is 1. The third-order valence-electron chi connectivity index (χ3n) is 4.38. The van der Waals surface area contributed by atoms with Crippen molar-refractivity contribution in [2.24, 2.45) is 5.92 Å². The predicted octanol–water partition coefficient (Wildman–Crippen LogP) is 1.45. The lowest BCUT2D eigenvalue weighted by atomic mass is 9.74. The largest absolute Gasteiger partial charge is 0.481 e. The number of ether oxygens (including phenoxy) is 1. The Balaban J connectivity index is 1.88. The molecule has 2 aliphatic rings. The molecule has 0 radical (unpaired) electrons. The van der Waals surface area contributed by atoms with Crippen LogP contribution in [-0.4, -0.2) is 54.4 Å². The van der Waals surface area contributed by atoms with Gasteiger partial charge in [0.15, 0.2) is 0 Å². The molecular formula is C14H24N2O4. The van der Waals surface area contributed by atoms with E-state index in [-0.39, 0.29) is 12.5 Å². The molecular weight excluding hydrogens is 260 g/mol. The topological polar surface area (TPSA) is 78.9 Å². The van der Waals surface area contributed by atoms with E-state index in [4.69, 9.17) is 9.84 Å². The van der Waals surface area contributed by atoms with E-state index >= 15 is 0 Å². The van der Waals surface area contributed by atoms with Gasteiger partial charge in [-0.05, 0) is 32.1 Å². The van der Waals surface area contributed by atoms with Gasteiger partial charge in [-0.3, -0.25) is 4.79 Å². The van der Waals surface area contributed by atoms with Crippen LogP contribution in [0.5, 0.6) is 0 Å². The molecule has 0 aromatic rings. The maximum absolute atomic E-state index is 12.3. The van der Waals surface area contributed by atoms with E-state index in [2.05, 4.69) is 5.32 Å². The van der Waals surface area contributed by atoms with E-state index < -0.39 is 11.5 Å². The highest BCUT2D eigenvalue weighted by atomic mass is 16.5. The quantitative estimate of drug-likeness (QED) is 0.801. The van der Waals surface area contributed by atoms with Gasteiger partial charge in [0.2, 0.25) is 0 Å². The smallest absolute Gasteiger partial charge is 0.317 e. The molecule has 0 bridgehead atoms. The summed E-state index contributed by atoms with van der Waals surface area (Å²) in [6.45, 7) is 2.11. The highest BCUT2D eigenvalue weighted by Gasteiger charge is 2.41. The zero-order chi connectivity index (χ0) is 14.6. The van der Waals surface area contributed by atoms with Crippen LogP contribution < -0.4 is 5.32 Å². The molecule has 2 fully saturated rings. The number of hydrogen-bond acceptors (Lipinski definition) is 3. The molecule has 114 valence electrons. The first kappa shape index (κ1) is 15.1. The number of rotatable bonds is 5. The Labute approximate surface area is 119 Å². The SMILES string of the molecule is COCC1CCCN(C(=O)NC2(CC(=O)O)CCC2)C1. The van der Waals surface area contributed by atoms with Crippen molar-refractivity contribution in [2.45, 2.75) is 44.1 Å². The summed E-state index contributed by atoms with van der Waals surface area (Å²) in [5.41, 5.74) is -0.517. The van der Waals surface area contributed by atoms with Gasteiger partial charge < -0.3 is 20.1 Å². The van der Waals surface area contributed by atoms with Gasteiger partial charge in [0.05, 0.1) is 18.6 Å². The van der Waals surface area contributed by atoms with Crippen LogP contribution in [0, 0.1) is 5.92 Å². The molecule has 1 aliphatic carbocycles. The monoisotopic (exact) mass is 284 g/mol. The van der Waals surface area contributed by atoms with Crippen molar-refractivity contribution >= 4 is 12.0 Å². The van der Waals surface area contributed by atoms with E-state index in [0.29, 0.717) is 19.1 Å². The predicted molar refractivity (Wildman–Crippen MR) is 73.5 cm³/mol. The maximum Gasteiger partial charge on any atom is 0.317 e. The minimum Gasteiger partial charge on any atom is -0.481 e. The second-order valence-electron chi connectivity index (χ2n) is 6.04. The number of nitrogens with zero attached hydrogens (tertiary/aromatic N) is 1. The average molecular weight is 284 g/mol. The number of piperidine rings is 1. The van der Waals surface area contributed by atoms with Crippen LogP contribution in [-0.2, 0) is 9.53 Å². The van der Waals surface area contributed by atoms with E-state index in [1.165, 1.54) is 0 Å². The first-order valence-electron chi connectivity index (χ1n) is 7.32. The van der Waals surface area contributed by atoms with Crippen LogP contribution in [0.4, 0.5) is 4.79 Å². The summed E-state index contributed by atoms with van der Waals surface area (Å²) in [4.78, 5) is 25.0. The van der Waals surface area contributed by atoms with E-state index in [1.54, 1.807) is 12.0 Å². The molecule has 1 unspecified atom stereocenters. The van der Waals surface area contributed by atoms with Gasteiger partial charge in [0.25, 0.3) is 0 Å². The Hall–Kier alpha value is -1.30. The van der Waals surface area contributed by atoms with Crippen LogP contribution in [0.25, 0.3) is 0 Å². The second-order valence-corrected chi connectivity index (χ2v) is 6.04. The number of carboxylic acids is 1. The molecule has 0 spiro atoms. The Morgan fingerprint density at radius 1 is 1.40 bits per heavy atom. The molecule has 2 rings (SSSR count). The lowest BCUT2D eigenvalue weighted by Crippen LogP contribution is -2.59. The van der Waals surface area contributed by atoms with Gasteiger partial charge in [-0.15, -0.1) is 0 Å². The highest BCUT2D eigenvalue weighted by Crippen LogP contribution is 2.35. The number of methoxy groups -OCH3 is 1. The summed E-state index contributed by atoms with van der Waals surface area (Å²) in [6, 6.07) is -0.119. The van der Waals surface area contributed by atoms with Gasteiger partial charge in [-0.25, -0.2) is 4.79 Å². The fourth-order valence-electron chi connectivity index (χ4n) is 3.17. The van der Waals surface area contributed by atoms with E-state index in [0.717, 1.165) is 38.6 Å². The number of carbonyl (C=O) groups is 2. The third-order valence-corrected chi connectivity index (χ3v) is 4.38. The number of aliphatic carboxylic acids is 1. The van der Waals surface area contributed by atoms with Crippen LogP contribution in [0.15, 0.2) is 0 Å². The third kappa shape index (κ3) is 3.62. The molecule has 20 heavy (non-hydrogen) atoms. The van der Waals surface area contributed by atoms with E-state index in [1.807, 2.05) is 0 Å². The molecule has 1 atom stereocenters. The normalized spacial score (nSPS) is 24.9. The summed E-state index contributed by atoms with van der Waals surface area (Å²) in [7, 11) is 1.68. The lowest BCUT2D eigenvalue weighted by Gasteiger charge is -2.43. The molecule has 2 N–H and O–H groups in total. The Bertz CT molecular complexity index is 366. The molecule has 1 heterocycles. The molecule has 0 aromatic heterocycles. The molecule has 6 nitrogen and oxygen atoms in total. The lowest BCUT2D eigenvalue weighted by molar-refractivity contribution is -0.139. The minimum atomic E-state index is -0.846. The number of nitrogens with one attached hydrogen (secondary N) is 1. The summed E-state index contributed by atoms with van der Waals surface area (Å²) in [5.74, 6) is -0.461. The number of urea groups is 1. The number of carboxylic acid groups (broad SMARTS) is 1. The van der Waals surface area contributed by atoms with Gasteiger partial charge in [0.1, 0.15) is 0 Å². The number of carbonyl (C=O) groups excluding carboxylic acids is 1. The van der Waals surface area contributed by atoms with Crippen LogP contribution in [0.3, 0.4) is 0 Å². The summed E-state index contributed by atoms with van der Waals surface area (Å²) >= 11 is 0. The van der Waals surface area contributed by atoms with Crippen molar-refractivity contribution in [3.8, 4) is 0 Å². The van der Waals surface area contributed by atoms with E-state index in [9.17, 15) is 9.59 Å². The van der Waals surface area contributed by atoms with Gasteiger partial charge in [0, 0.05) is 26.1 Å². The summed E-state index contributed by atoms with van der Waals surface area (Å²) in [6.07, 6.45) is 4.60. The van der Waals surface area contributed by atoms with Crippen molar-refractivity contribution in [3.05, 3.63) is 0 Å². The van der Waals surface area contributed by atoms with Crippen molar-refractivity contribution < 1.29 is 19.4 Å². The first-order chi connectivity index (χ1) is 9.54. The van der Waals surface area contributed by atoms with Crippen LogP contribution >= 0.6 is 0 Å². The maximum atomic E-state index is 12.3. The van der Waals surface area contributed by atoms with Crippen molar-refractivity contribution in [1.29, 1.82) is 0 Å². The molecule has 1 saturated heterocycles. The average Bonchev–Trinajstić information content (AvgIpc) is 2.36. The highest BCUT2D eigenvalue weighted by molar-refractivity contribution is 5.77. The molecule has 1 aliphatic heterocycles. The summed E-state index contributed by atoms with van der Waals surface area (Å²) in [5, 5.41) is 11.9. The van der Waals surface area contributed by atoms with Crippen molar-refractivity contribution in [3.63, 3.8) is 0 Å². The van der Waals surface area contributed by atoms with Crippen molar-refractivity contribution in [1.82, 2.24) is 10.2 Å². The fourth-order valence-corrected chi connectivity index (χ4v) is 3.17. The van der Waals surface area contributed by atoms with Crippen molar-refractivity contribution in [2.75, 3.05) is 26.8 Å². The second kappa shape index (κ2) is 6.43. The van der Waals surface area contributed by atoms with Gasteiger partial charge in [-0.2, -0.15) is 0 Å². The first-order valence-corrected chi connectivity index (χ1v) is 7.32. The summed E-state index contributed by atoms with van der Waals surface area (Å²) < 4.78 is 5.16. The molecule has 2 amide bonds. The Morgan fingerprint density at radius 3 is 2.70 bits per heavy atom. The molecule has 1 saturated carbocycles. The van der Waals surface area contributed by atoms with Gasteiger partial charge in [-0.1, -0.05) is 0 Å². The fraction of sp³-hybridized carbons (Fsp3) is 0.857. The zero-order valence-electron chi connectivity index (χ0n) is 12.1. The zero-order valence-corrected chi connectivity index (χ0v) is 12.1. The standard InChI is InChI=1S/C14H24N2O4/c1-20-10-11-4-2-7-16(9-11)13(19)15-14(5-3-6-14)8-12(17)18/h11H,2-10H2,1H3,(H,15,19)(H,17,18). The van der Waals surface area contributed by atoms with Crippen LogP contribution in [0.1, 0.15) is 38.5 Å². The number of amides is 2. The molecule has 6 heteroatoms. The Kier molecular flexibility index (Phi) is 4.86. The number of hydrogen-bond donors (Lipinski definition) is 2. The minimum absolute atomic E-state index is 0.0219. The van der Waals surface area contributed by atoms with Gasteiger partial charge >= 0.3 is 12.0 Å². The van der Waals surface area contributed by atoms with Crippen LogP contribution in [0.2, 0.25) is 0 Å². The Morgan fingerprint density at radius 2 is 2.15 bits per heavy atom.